The first-order valence-corrected chi connectivity index (χ1v) is 10.7. The Balaban J connectivity index is 1.33. The Kier molecular flexibility index (Phi) is 4.57. The highest BCUT2D eigenvalue weighted by Gasteiger charge is 2.46. The van der Waals surface area contributed by atoms with Gasteiger partial charge >= 0.3 is 0 Å². The number of rotatable bonds is 3. The van der Waals surface area contributed by atoms with Gasteiger partial charge in [-0.15, -0.1) is 0 Å². The maximum absolute atomic E-state index is 13.8. The number of H-pyrrole nitrogens is 1. The van der Waals surface area contributed by atoms with Crippen LogP contribution in [0.1, 0.15) is 25.3 Å². The lowest BCUT2D eigenvalue weighted by Crippen LogP contribution is -2.56. The fourth-order valence-electron chi connectivity index (χ4n) is 4.70. The van der Waals surface area contributed by atoms with Gasteiger partial charge in [-0.25, -0.2) is 9.11 Å². The summed E-state index contributed by atoms with van der Waals surface area (Å²) in [6.07, 6.45) is 4.13. The number of benzene rings is 2. The minimum atomic E-state index is -0.175. The van der Waals surface area contributed by atoms with Crippen molar-refractivity contribution in [3.8, 4) is 0 Å². The highest BCUT2D eigenvalue weighted by atomic mass is 32.2. The van der Waals surface area contributed by atoms with E-state index in [0.29, 0.717) is 6.04 Å². The third-order valence-corrected chi connectivity index (χ3v) is 7.25. The Labute approximate surface area is 169 Å². The molecule has 0 bridgehead atoms. The Hall–Kier alpha value is -2.02. The van der Waals surface area contributed by atoms with Gasteiger partial charge in [-0.1, -0.05) is 12.1 Å². The van der Waals surface area contributed by atoms with Crippen molar-refractivity contribution in [1.29, 1.82) is 0 Å². The summed E-state index contributed by atoms with van der Waals surface area (Å²) in [7, 11) is 0. The Morgan fingerprint density at radius 3 is 3.00 bits per heavy atom. The molecule has 5 rings (SSSR count). The lowest BCUT2D eigenvalue weighted by molar-refractivity contribution is 0.106. The van der Waals surface area contributed by atoms with Gasteiger partial charge in [-0.2, -0.15) is 0 Å². The van der Waals surface area contributed by atoms with E-state index in [1.165, 1.54) is 22.5 Å². The van der Waals surface area contributed by atoms with Gasteiger partial charge in [0, 0.05) is 49.5 Å². The van der Waals surface area contributed by atoms with Gasteiger partial charge in [-0.3, -0.25) is 9.21 Å². The molecule has 2 aliphatic rings. The summed E-state index contributed by atoms with van der Waals surface area (Å²) < 4.78 is 19.5. The van der Waals surface area contributed by atoms with E-state index in [0.717, 1.165) is 38.2 Å². The fraction of sp³-hybridized carbons (Fsp3) is 0.364. The van der Waals surface area contributed by atoms with Crippen LogP contribution in [0.5, 0.6) is 0 Å². The Morgan fingerprint density at radius 2 is 2.14 bits per heavy atom. The molecule has 0 radical (unpaired) electrons. The largest absolute Gasteiger partial charge is 0.361 e. The van der Waals surface area contributed by atoms with Gasteiger partial charge in [0.05, 0.1) is 11.2 Å². The first-order valence-electron chi connectivity index (χ1n) is 9.89. The second-order valence-corrected chi connectivity index (χ2v) is 8.92. The number of anilines is 1. The maximum Gasteiger partial charge on any atom is 0.125 e. The monoisotopic (exact) mass is 396 g/mol. The molecule has 2 fully saturated rings. The minimum absolute atomic E-state index is 0.0406. The van der Waals surface area contributed by atoms with Crippen LogP contribution in [0.4, 0.5) is 10.1 Å². The highest BCUT2D eigenvalue weighted by molar-refractivity contribution is 7.99. The molecule has 0 amide bonds. The predicted octanol–water partition coefficient (Wildman–Crippen LogP) is 4.70. The molecule has 28 heavy (non-hydrogen) atoms. The normalized spacial score (nSPS) is 25.8. The van der Waals surface area contributed by atoms with E-state index in [-0.39, 0.29) is 11.4 Å². The van der Waals surface area contributed by atoms with E-state index in [1.807, 2.05) is 12.3 Å². The molecule has 2 saturated heterocycles. The Morgan fingerprint density at radius 1 is 1.21 bits per heavy atom. The van der Waals surface area contributed by atoms with Crippen LogP contribution >= 0.6 is 12.1 Å². The fourth-order valence-corrected chi connectivity index (χ4v) is 5.80. The molecule has 0 unspecified atom stereocenters. The van der Waals surface area contributed by atoms with Crippen LogP contribution in [0.2, 0.25) is 0 Å². The zero-order valence-corrected chi connectivity index (χ0v) is 16.8. The number of piperidine rings is 1. The van der Waals surface area contributed by atoms with Crippen molar-refractivity contribution < 1.29 is 4.39 Å². The van der Waals surface area contributed by atoms with E-state index in [2.05, 4.69) is 50.1 Å². The number of aromatic amines is 1. The van der Waals surface area contributed by atoms with Crippen molar-refractivity contribution >= 4 is 28.7 Å². The maximum atomic E-state index is 13.8. The van der Waals surface area contributed by atoms with Crippen LogP contribution in [-0.2, 0) is 6.54 Å². The second kappa shape index (κ2) is 7.10. The molecule has 2 N–H and O–H groups in total. The van der Waals surface area contributed by atoms with Gasteiger partial charge in [0.15, 0.2) is 0 Å². The third kappa shape index (κ3) is 3.19. The van der Waals surface area contributed by atoms with Crippen molar-refractivity contribution in [2.24, 2.45) is 0 Å². The highest BCUT2D eigenvalue weighted by Crippen LogP contribution is 2.43. The topological polar surface area (TPSA) is 34.3 Å². The molecular weight excluding hydrogens is 371 g/mol. The van der Waals surface area contributed by atoms with Crippen LogP contribution in [0.25, 0.3) is 10.9 Å². The SMILES string of the molecule is C[C@H]1C[C@]2(CCN1Cc1ccc3[nH]ccc3c1)CNSN2c1cccc(F)c1. The second-order valence-electron chi connectivity index (χ2n) is 8.08. The molecule has 2 atom stereocenters. The summed E-state index contributed by atoms with van der Waals surface area (Å²) in [6.45, 7) is 5.27. The van der Waals surface area contributed by atoms with E-state index in [1.54, 1.807) is 24.3 Å². The van der Waals surface area contributed by atoms with Crippen LogP contribution < -0.4 is 9.03 Å². The molecule has 0 aliphatic carbocycles. The number of aromatic nitrogens is 1. The number of hydrogen-bond donors (Lipinski definition) is 2. The number of hydrogen-bond acceptors (Lipinski definition) is 4. The summed E-state index contributed by atoms with van der Waals surface area (Å²) >= 11 is 1.61. The Bertz CT molecular complexity index is 989. The molecular formula is C22H25FN4S. The van der Waals surface area contributed by atoms with E-state index >= 15 is 0 Å². The first-order chi connectivity index (χ1) is 13.6. The van der Waals surface area contributed by atoms with Crippen molar-refractivity contribution in [3.63, 3.8) is 0 Å². The summed E-state index contributed by atoms with van der Waals surface area (Å²) in [5.41, 5.74) is 3.54. The van der Waals surface area contributed by atoms with Crippen molar-refractivity contribution in [3.05, 3.63) is 66.1 Å². The van der Waals surface area contributed by atoms with Crippen LogP contribution in [0.15, 0.2) is 54.7 Å². The van der Waals surface area contributed by atoms with E-state index < -0.39 is 0 Å². The number of nitrogens with one attached hydrogen (secondary N) is 2. The van der Waals surface area contributed by atoms with Gasteiger partial charge in [0.1, 0.15) is 5.82 Å². The van der Waals surface area contributed by atoms with E-state index in [4.69, 9.17) is 0 Å². The zero-order chi connectivity index (χ0) is 19.1. The van der Waals surface area contributed by atoms with Crippen LogP contribution in [0, 0.1) is 5.82 Å². The van der Waals surface area contributed by atoms with Gasteiger partial charge in [0.25, 0.3) is 0 Å². The van der Waals surface area contributed by atoms with Gasteiger partial charge in [-0.05, 0) is 67.1 Å². The van der Waals surface area contributed by atoms with Gasteiger partial charge in [0.2, 0.25) is 0 Å². The molecule has 146 valence electrons. The van der Waals surface area contributed by atoms with Crippen molar-refractivity contribution in [2.45, 2.75) is 37.9 Å². The predicted molar refractivity (Wildman–Crippen MR) is 115 cm³/mol. The molecule has 2 aliphatic heterocycles. The van der Waals surface area contributed by atoms with Crippen LogP contribution in [0.3, 0.4) is 0 Å². The average Bonchev–Trinajstić information content (AvgIpc) is 3.31. The molecule has 4 nitrogen and oxygen atoms in total. The number of fused-ring (bicyclic) bond motifs is 1. The summed E-state index contributed by atoms with van der Waals surface area (Å²) in [5.74, 6) is -0.175. The average molecular weight is 397 g/mol. The van der Waals surface area contributed by atoms with Crippen molar-refractivity contribution in [1.82, 2.24) is 14.6 Å². The van der Waals surface area contributed by atoms with Crippen LogP contribution in [-0.4, -0.2) is 34.6 Å². The molecule has 1 aromatic heterocycles. The summed E-state index contributed by atoms with van der Waals surface area (Å²) in [5, 5.41) is 1.27. The molecule has 3 aromatic rings. The number of likely N-dealkylation sites (tertiary alicyclic amines) is 1. The molecule has 3 heterocycles. The third-order valence-electron chi connectivity index (χ3n) is 6.20. The lowest BCUT2D eigenvalue weighted by Gasteiger charge is -2.47. The van der Waals surface area contributed by atoms with Gasteiger partial charge < -0.3 is 4.98 Å². The number of nitrogens with zero attached hydrogens (tertiary/aromatic N) is 2. The summed E-state index contributed by atoms with van der Waals surface area (Å²) in [6, 6.07) is 16.2. The molecule has 0 saturated carbocycles. The summed E-state index contributed by atoms with van der Waals surface area (Å²) in [4.78, 5) is 5.84. The number of halogens is 1. The molecule has 1 spiro atoms. The molecule has 6 heteroatoms. The van der Waals surface area contributed by atoms with Crippen molar-refractivity contribution in [2.75, 3.05) is 17.4 Å². The lowest BCUT2D eigenvalue weighted by atomic mass is 9.83. The minimum Gasteiger partial charge on any atom is -0.361 e. The molecule has 2 aromatic carbocycles. The first kappa shape index (κ1) is 18.0. The van der Waals surface area contributed by atoms with E-state index in [9.17, 15) is 4.39 Å². The smallest absolute Gasteiger partial charge is 0.125 e. The standard InChI is InChI=1S/C22H25FN4S/c1-16-13-22(15-25-28-27(22)20-4-2-3-19(23)12-20)8-10-26(16)14-17-5-6-21-18(11-17)7-9-24-21/h2-7,9,11-12,16,24-25H,8,10,13-15H2,1H3/t16-,22+/m0/s1. The quantitative estimate of drug-likeness (QED) is 0.629. The zero-order valence-electron chi connectivity index (χ0n) is 16.0.